The summed E-state index contributed by atoms with van der Waals surface area (Å²) in [6, 6.07) is 1.48. The van der Waals surface area contributed by atoms with Crippen LogP contribution in [-0.4, -0.2) is 61.4 Å². The van der Waals surface area contributed by atoms with Gasteiger partial charge in [-0.2, -0.15) is 5.10 Å². The van der Waals surface area contributed by atoms with Crippen molar-refractivity contribution in [2.75, 3.05) is 11.9 Å². The minimum atomic E-state index is -4.81. The zero-order chi connectivity index (χ0) is 25.9. The standard InChI is InChI=1S/C21H20ClF4N7O4/c22-11-5-27-18(33-6-10(28-17(11)33)7-36-21(24,25)26)29-14-1-12(31-32-14)16-15(23)13(8-35-16)37-19(34)30-20-2-9(3-20)4-20/h1,5-6,9,13,15-16H,2-4,7-8H2,(H,30,34)(H2,27,29,31,32)/t9?,13-,15-,16-,20?/m1/s1. The molecule has 37 heavy (non-hydrogen) atoms. The number of amides is 1. The molecule has 3 aliphatic carbocycles. The SMILES string of the molecule is O=C(NC12CC(C1)C2)O[C@@H]1CO[C@H](c2cc(Nc3ncc(Cl)c4nc(COC(F)(F)F)cn34)n[nH]2)[C@@H]1F. The van der Waals surface area contributed by atoms with Gasteiger partial charge in [-0.15, -0.1) is 13.2 Å². The molecule has 16 heteroatoms. The predicted octanol–water partition coefficient (Wildman–Crippen LogP) is 3.94. The lowest BCUT2D eigenvalue weighted by Crippen LogP contribution is -2.68. The zero-order valence-electron chi connectivity index (χ0n) is 18.9. The number of hydrogen-bond acceptors (Lipinski definition) is 8. The lowest BCUT2D eigenvalue weighted by molar-refractivity contribution is -0.330. The number of aromatic nitrogens is 5. The van der Waals surface area contributed by atoms with Gasteiger partial charge < -0.3 is 20.1 Å². The summed E-state index contributed by atoms with van der Waals surface area (Å²) in [5, 5.41) is 12.6. The predicted molar refractivity (Wildman–Crippen MR) is 118 cm³/mol. The number of carbonyl (C=O) groups excluding carboxylic acids is 1. The van der Waals surface area contributed by atoms with Crippen molar-refractivity contribution < 1.29 is 36.6 Å². The quantitative estimate of drug-likeness (QED) is 0.381. The van der Waals surface area contributed by atoms with Gasteiger partial charge in [-0.25, -0.2) is 19.2 Å². The molecule has 198 valence electrons. The molecule has 3 aromatic rings. The molecule has 3 N–H and O–H groups in total. The number of halogens is 5. The van der Waals surface area contributed by atoms with Crippen molar-refractivity contribution in [2.24, 2.45) is 5.92 Å². The second kappa shape index (κ2) is 8.70. The average Bonchev–Trinajstić information content (AvgIpc) is 3.50. The van der Waals surface area contributed by atoms with Crippen LogP contribution in [-0.2, 0) is 20.8 Å². The van der Waals surface area contributed by atoms with E-state index >= 15 is 4.39 Å². The molecule has 0 aromatic carbocycles. The number of alkyl halides is 4. The summed E-state index contributed by atoms with van der Waals surface area (Å²) >= 11 is 6.08. The number of carbonyl (C=O) groups is 1. The molecule has 4 heterocycles. The molecule has 1 amide bonds. The number of imidazole rings is 1. The first-order valence-electron chi connectivity index (χ1n) is 11.4. The van der Waals surface area contributed by atoms with E-state index in [0.717, 1.165) is 19.3 Å². The highest BCUT2D eigenvalue weighted by atomic mass is 35.5. The maximum atomic E-state index is 15.1. The maximum absolute atomic E-state index is 15.1. The number of nitrogens with zero attached hydrogens (tertiary/aromatic N) is 4. The summed E-state index contributed by atoms with van der Waals surface area (Å²) in [6.45, 7) is -0.930. The van der Waals surface area contributed by atoms with Crippen LogP contribution in [0.4, 0.5) is 34.1 Å². The normalized spacial score (nSPS) is 28.6. The van der Waals surface area contributed by atoms with Crippen molar-refractivity contribution in [1.82, 2.24) is 29.9 Å². The van der Waals surface area contributed by atoms with E-state index in [1.165, 1.54) is 22.9 Å². The number of ether oxygens (including phenoxy) is 3. The van der Waals surface area contributed by atoms with E-state index in [0.29, 0.717) is 5.92 Å². The van der Waals surface area contributed by atoms with Crippen LogP contribution in [0.1, 0.15) is 36.8 Å². The van der Waals surface area contributed by atoms with Crippen molar-refractivity contribution in [3.05, 3.63) is 34.9 Å². The summed E-state index contributed by atoms with van der Waals surface area (Å²) in [5.74, 6) is 1.03. The number of anilines is 2. The van der Waals surface area contributed by atoms with Gasteiger partial charge in [0.2, 0.25) is 5.95 Å². The van der Waals surface area contributed by atoms with Crippen molar-refractivity contribution in [2.45, 2.75) is 56.2 Å². The number of aromatic amines is 1. The van der Waals surface area contributed by atoms with Crippen molar-refractivity contribution >= 4 is 35.1 Å². The van der Waals surface area contributed by atoms with E-state index in [2.05, 4.69) is 35.5 Å². The van der Waals surface area contributed by atoms with E-state index in [9.17, 15) is 18.0 Å². The molecule has 4 fully saturated rings. The van der Waals surface area contributed by atoms with Gasteiger partial charge in [-0.1, -0.05) is 11.6 Å². The smallest absolute Gasteiger partial charge is 0.441 e. The molecule has 1 saturated heterocycles. The minimum absolute atomic E-state index is 0.0262. The number of hydrogen-bond donors (Lipinski definition) is 3. The molecule has 3 atom stereocenters. The molecule has 4 aliphatic rings. The van der Waals surface area contributed by atoms with Crippen molar-refractivity contribution in [1.29, 1.82) is 0 Å². The number of H-pyrrole nitrogens is 1. The third-order valence-electron chi connectivity index (χ3n) is 6.77. The Morgan fingerprint density at radius 3 is 2.84 bits per heavy atom. The molecule has 0 spiro atoms. The fraction of sp³-hybridized carbons (Fsp3) is 0.524. The largest absolute Gasteiger partial charge is 0.522 e. The maximum Gasteiger partial charge on any atom is 0.522 e. The average molecular weight is 546 g/mol. The Bertz CT molecular complexity index is 1330. The Morgan fingerprint density at radius 2 is 2.14 bits per heavy atom. The topological polar surface area (TPSA) is 128 Å². The minimum Gasteiger partial charge on any atom is -0.441 e. The second-order valence-electron chi connectivity index (χ2n) is 9.45. The molecule has 2 bridgehead atoms. The highest BCUT2D eigenvalue weighted by Gasteiger charge is 2.58. The van der Waals surface area contributed by atoms with Gasteiger partial charge in [0, 0.05) is 17.8 Å². The Hall–Kier alpha value is -3.17. The Morgan fingerprint density at radius 1 is 1.35 bits per heavy atom. The second-order valence-corrected chi connectivity index (χ2v) is 9.86. The van der Waals surface area contributed by atoms with E-state index in [1.54, 1.807) is 0 Å². The van der Waals surface area contributed by atoms with E-state index in [1.807, 2.05) is 0 Å². The summed E-state index contributed by atoms with van der Waals surface area (Å²) in [7, 11) is 0. The van der Waals surface area contributed by atoms with Gasteiger partial charge in [0.25, 0.3) is 0 Å². The van der Waals surface area contributed by atoms with Crippen LogP contribution in [0.3, 0.4) is 0 Å². The number of alkyl carbamates (subject to hydrolysis) is 1. The van der Waals surface area contributed by atoms with Crippen LogP contribution >= 0.6 is 11.6 Å². The number of rotatable bonds is 7. The van der Waals surface area contributed by atoms with Gasteiger partial charge in [-0.05, 0) is 25.2 Å². The molecular formula is C21H20ClF4N7O4. The van der Waals surface area contributed by atoms with E-state index < -0.39 is 37.4 Å². The lowest BCUT2D eigenvalue weighted by atomic mass is 9.50. The Balaban J connectivity index is 1.11. The first kappa shape index (κ1) is 24.2. The van der Waals surface area contributed by atoms with Crippen LogP contribution in [0.15, 0.2) is 18.5 Å². The molecular weight excluding hydrogens is 526 g/mol. The van der Waals surface area contributed by atoms with Crippen LogP contribution in [0, 0.1) is 5.92 Å². The molecule has 11 nitrogen and oxygen atoms in total. The van der Waals surface area contributed by atoms with Gasteiger partial charge in [-0.3, -0.25) is 14.2 Å². The first-order chi connectivity index (χ1) is 17.6. The lowest BCUT2D eigenvalue weighted by Gasteiger charge is -2.61. The van der Waals surface area contributed by atoms with Crippen molar-refractivity contribution in [3.63, 3.8) is 0 Å². The molecule has 7 rings (SSSR count). The third-order valence-corrected chi connectivity index (χ3v) is 7.04. The fourth-order valence-electron chi connectivity index (χ4n) is 4.93. The highest BCUT2D eigenvalue weighted by molar-refractivity contribution is 6.33. The zero-order valence-corrected chi connectivity index (χ0v) is 19.6. The van der Waals surface area contributed by atoms with Crippen molar-refractivity contribution in [3.8, 4) is 0 Å². The molecule has 1 aliphatic heterocycles. The monoisotopic (exact) mass is 545 g/mol. The summed E-state index contributed by atoms with van der Waals surface area (Å²) in [6.07, 6.45) is -3.85. The first-order valence-corrected chi connectivity index (χ1v) is 11.8. The Kier molecular flexibility index (Phi) is 5.69. The van der Waals surface area contributed by atoms with Crippen LogP contribution in [0.25, 0.3) is 5.65 Å². The van der Waals surface area contributed by atoms with Gasteiger partial charge in [0.15, 0.2) is 23.7 Å². The van der Waals surface area contributed by atoms with E-state index in [4.69, 9.17) is 21.1 Å². The summed E-state index contributed by atoms with van der Waals surface area (Å²) < 4.78 is 68.2. The van der Waals surface area contributed by atoms with Crippen LogP contribution in [0.2, 0.25) is 5.02 Å². The summed E-state index contributed by atoms with van der Waals surface area (Å²) in [5.41, 5.74) is 0.229. The molecule has 0 radical (unpaired) electrons. The third kappa shape index (κ3) is 4.66. The van der Waals surface area contributed by atoms with Gasteiger partial charge in [0.1, 0.15) is 11.1 Å². The Labute approximate surface area is 210 Å². The number of fused-ring (bicyclic) bond motifs is 1. The van der Waals surface area contributed by atoms with Crippen LogP contribution in [0.5, 0.6) is 0 Å². The molecule has 3 saturated carbocycles. The molecule has 0 unspecified atom stereocenters. The van der Waals surface area contributed by atoms with Crippen LogP contribution < -0.4 is 10.6 Å². The van der Waals surface area contributed by atoms with Gasteiger partial charge in [0.05, 0.1) is 30.8 Å². The van der Waals surface area contributed by atoms with Gasteiger partial charge >= 0.3 is 12.5 Å². The summed E-state index contributed by atoms with van der Waals surface area (Å²) in [4.78, 5) is 20.3. The molecule has 3 aromatic heterocycles. The van der Waals surface area contributed by atoms with E-state index in [-0.39, 0.29) is 46.0 Å². The highest BCUT2D eigenvalue weighted by Crippen LogP contribution is 2.57. The fourth-order valence-corrected chi connectivity index (χ4v) is 5.11. The number of nitrogens with one attached hydrogen (secondary N) is 3.